The number of ether oxygens (including phenoxy) is 1. The number of carbonyl (C=O) groups is 1. The minimum atomic E-state index is -3.76. The van der Waals surface area contributed by atoms with Crippen LogP contribution < -0.4 is 10.1 Å². The third-order valence-corrected chi connectivity index (χ3v) is 6.59. The van der Waals surface area contributed by atoms with E-state index in [4.69, 9.17) is 9.84 Å². The number of nitrogens with one attached hydrogen (secondary N) is 1. The molecule has 3 aromatic carbocycles. The Morgan fingerprint density at radius 3 is 2.12 bits per heavy atom. The molecule has 0 aromatic heterocycles. The monoisotopic (exact) mass is 457 g/mol. The number of sulfone groups is 1. The van der Waals surface area contributed by atoms with Gasteiger partial charge >= 0.3 is 5.97 Å². The predicted octanol–water partition coefficient (Wildman–Crippen LogP) is 4.23. The van der Waals surface area contributed by atoms with E-state index < -0.39 is 21.6 Å². The molecule has 0 saturated carbocycles. The third kappa shape index (κ3) is 6.38. The van der Waals surface area contributed by atoms with Gasteiger partial charge in [-0.1, -0.05) is 30.3 Å². The maximum absolute atomic E-state index is 13.1. The maximum atomic E-state index is 13.1. The first kappa shape index (κ1) is 23.4. The Kier molecular flexibility index (Phi) is 7.97. The molecule has 8 heteroatoms. The number of carboxylic acid groups (broad SMARTS) is 1. The van der Waals surface area contributed by atoms with Crippen molar-refractivity contribution in [3.63, 3.8) is 0 Å². The lowest BCUT2D eigenvalue weighted by molar-refractivity contribution is -0.135. The Bertz CT molecular complexity index is 1120. The summed E-state index contributed by atoms with van der Waals surface area (Å²) in [6.07, 6.45) is 1.07. The van der Waals surface area contributed by atoms with Gasteiger partial charge in [-0.2, -0.15) is 0 Å². The van der Waals surface area contributed by atoms with Crippen LogP contribution in [-0.2, 0) is 14.6 Å². The Balaban J connectivity index is 1.71. The van der Waals surface area contributed by atoms with E-state index in [1.165, 1.54) is 24.3 Å². The minimum Gasteiger partial charge on any atom is -0.486 e. The first-order valence-corrected chi connectivity index (χ1v) is 11.6. The van der Waals surface area contributed by atoms with E-state index in [0.717, 1.165) is 17.7 Å². The fourth-order valence-corrected chi connectivity index (χ4v) is 4.44. The van der Waals surface area contributed by atoms with Crippen molar-refractivity contribution in [2.45, 2.75) is 28.7 Å². The number of hydrogen-bond acceptors (Lipinski definition) is 5. The third-order valence-electron chi connectivity index (χ3n) is 4.80. The normalized spacial score (nSPS) is 12.3. The van der Waals surface area contributed by atoms with Crippen LogP contribution in [0.1, 0.15) is 24.5 Å². The highest BCUT2D eigenvalue weighted by Gasteiger charge is 2.19. The molecule has 0 bridgehead atoms. The highest BCUT2D eigenvalue weighted by Crippen LogP contribution is 2.28. The van der Waals surface area contributed by atoms with Crippen molar-refractivity contribution in [2.75, 3.05) is 13.1 Å². The van der Waals surface area contributed by atoms with Gasteiger partial charge < -0.3 is 15.2 Å². The van der Waals surface area contributed by atoms with Gasteiger partial charge in [0.15, 0.2) is 0 Å². The van der Waals surface area contributed by atoms with Crippen LogP contribution in [0, 0.1) is 5.82 Å². The number of rotatable bonds is 11. The van der Waals surface area contributed by atoms with Crippen molar-refractivity contribution in [3.05, 3.63) is 90.2 Å². The number of aliphatic carboxylic acids is 1. The molecule has 0 fully saturated rings. The predicted molar refractivity (Wildman–Crippen MR) is 118 cm³/mol. The minimum absolute atomic E-state index is 0.0172. The van der Waals surface area contributed by atoms with Crippen LogP contribution >= 0.6 is 0 Å². The van der Waals surface area contributed by atoms with E-state index in [-0.39, 0.29) is 22.4 Å². The fraction of sp³-hybridized carbons (Fsp3) is 0.208. The highest BCUT2D eigenvalue weighted by atomic mass is 32.2. The molecule has 32 heavy (non-hydrogen) atoms. The first-order valence-electron chi connectivity index (χ1n) is 10.1. The lowest BCUT2D eigenvalue weighted by Gasteiger charge is -2.20. The molecule has 0 heterocycles. The Morgan fingerprint density at radius 1 is 0.938 bits per heavy atom. The van der Waals surface area contributed by atoms with Crippen LogP contribution in [0.15, 0.2) is 88.7 Å². The van der Waals surface area contributed by atoms with Crippen molar-refractivity contribution < 1.29 is 27.4 Å². The molecule has 3 rings (SSSR count). The molecule has 2 N–H and O–H groups in total. The Labute approximate surface area is 186 Å². The molecule has 168 valence electrons. The second-order valence-corrected chi connectivity index (χ2v) is 9.11. The van der Waals surface area contributed by atoms with Crippen LogP contribution in [0.4, 0.5) is 4.39 Å². The van der Waals surface area contributed by atoms with Crippen LogP contribution in [0.2, 0.25) is 0 Å². The zero-order valence-electron chi connectivity index (χ0n) is 17.3. The van der Waals surface area contributed by atoms with Crippen molar-refractivity contribution in [3.8, 4) is 5.75 Å². The summed E-state index contributed by atoms with van der Waals surface area (Å²) in [4.78, 5) is 10.7. The molecular formula is C24H24FNO5S. The van der Waals surface area contributed by atoms with Gasteiger partial charge in [-0.25, -0.2) is 12.8 Å². The van der Waals surface area contributed by atoms with Gasteiger partial charge in [0.25, 0.3) is 0 Å². The average molecular weight is 458 g/mol. The summed E-state index contributed by atoms with van der Waals surface area (Å²) in [6.45, 7) is 0.439. The second-order valence-electron chi connectivity index (χ2n) is 7.16. The summed E-state index contributed by atoms with van der Waals surface area (Å²) in [6, 6.07) is 20.4. The van der Waals surface area contributed by atoms with Crippen LogP contribution in [0.5, 0.6) is 5.75 Å². The van der Waals surface area contributed by atoms with E-state index in [1.807, 2.05) is 30.3 Å². The number of benzene rings is 3. The molecule has 0 saturated heterocycles. The number of hydrogen-bond donors (Lipinski definition) is 2. The van der Waals surface area contributed by atoms with E-state index in [2.05, 4.69) is 5.32 Å². The topological polar surface area (TPSA) is 92.7 Å². The zero-order valence-corrected chi connectivity index (χ0v) is 18.1. The molecule has 0 aliphatic heterocycles. The molecule has 0 spiro atoms. The SMILES string of the molecule is O=C(O)CNCCCC(Oc1ccc(S(=O)(=O)c2ccc(F)cc2)cc1)c1ccccc1. The second kappa shape index (κ2) is 10.9. The summed E-state index contributed by atoms with van der Waals surface area (Å²) in [7, 11) is -3.76. The quantitative estimate of drug-likeness (QED) is 0.331. The molecular weight excluding hydrogens is 433 g/mol. The van der Waals surface area contributed by atoms with Crippen molar-refractivity contribution in [1.82, 2.24) is 5.32 Å². The van der Waals surface area contributed by atoms with E-state index in [0.29, 0.717) is 25.1 Å². The summed E-state index contributed by atoms with van der Waals surface area (Å²) < 4.78 is 44.7. The summed E-state index contributed by atoms with van der Waals surface area (Å²) in [5, 5.41) is 11.6. The van der Waals surface area contributed by atoms with E-state index in [1.54, 1.807) is 12.1 Å². The van der Waals surface area contributed by atoms with E-state index >= 15 is 0 Å². The van der Waals surface area contributed by atoms with Crippen LogP contribution in [0.3, 0.4) is 0 Å². The largest absolute Gasteiger partial charge is 0.486 e. The van der Waals surface area contributed by atoms with Gasteiger partial charge in [-0.05, 0) is 73.5 Å². The molecule has 0 aliphatic carbocycles. The number of halogens is 1. The molecule has 3 aromatic rings. The van der Waals surface area contributed by atoms with Crippen LogP contribution in [0.25, 0.3) is 0 Å². The standard InChI is InChI=1S/C24H24FNO5S/c25-19-8-12-21(13-9-19)32(29,30)22-14-10-20(11-15-22)31-23(18-5-2-1-3-6-18)7-4-16-26-17-24(27)28/h1-3,5-6,8-15,23,26H,4,7,16-17H2,(H,27,28). The molecule has 6 nitrogen and oxygen atoms in total. The highest BCUT2D eigenvalue weighted by molar-refractivity contribution is 7.91. The lowest BCUT2D eigenvalue weighted by Crippen LogP contribution is -2.24. The fourth-order valence-electron chi connectivity index (χ4n) is 3.18. The van der Waals surface area contributed by atoms with Gasteiger partial charge in [0.05, 0.1) is 16.3 Å². The molecule has 0 radical (unpaired) electrons. The average Bonchev–Trinajstić information content (AvgIpc) is 2.79. The smallest absolute Gasteiger partial charge is 0.317 e. The summed E-state index contributed by atoms with van der Waals surface area (Å²) >= 11 is 0. The molecule has 1 unspecified atom stereocenters. The van der Waals surface area contributed by atoms with Gasteiger partial charge in [0.1, 0.15) is 17.7 Å². The van der Waals surface area contributed by atoms with Crippen LogP contribution in [-0.4, -0.2) is 32.6 Å². The summed E-state index contributed by atoms with van der Waals surface area (Å²) in [5.74, 6) is -0.898. The maximum Gasteiger partial charge on any atom is 0.317 e. The number of carboxylic acids is 1. The Morgan fingerprint density at radius 2 is 1.53 bits per heavy atom. The van der Waals surface area contributed by atoms with Gasteiger partial charge in [0.2, 0.25) is 9.84 Å². The van der Waals surface area contributed by atoms with Gasteiger partial charge in [0, 0.05) is 0 Å². The van der Waals surface area contributed by atoms with Crippen molar-refractivity contribution >= 4 is 15.8 Å². The van der Waals surface area contributed by atoms with Crippen molar-refractivity contribution in [2.24, 2.45) is 0 Å². The summed E-state index contributed by atoms with van der Waals surface area (Å²) in [5.41, 5.74) is 0.966. The molecule has 0 aliphatic rings. The zero-order chi connectivity index (χ0) is 23.0. The molecule has 0 amide bonds. The lowest BCUT2D eigenvalue weighted by atomic mass is 10.0. The van der Waals surface area contributed by atoms with E-state index in [9.17, 15) is 17.6 Å². The van der Waals surface area contributed by atoms with Gasteiger partial charge in [-0.15, -0.1) is 0 Å². The molecule has 1 atom stereocenters. The Hall–Kier alpha value is -3.23. The van der Waals surface area contributed by atoms with Gasteiger partial charge in [-0.3, -0.25) is 4.79 Å². The first-order chi connectivity index (χ1) is 15.4. The van der Waals surface area contributed by atoms with Crippen molar-refractivity contribution in [1.29, 1.82) is 0 Å².